The SMILES string of the molecule is Cc1nc2sc(C(=O)c3ccc(Cl)cc3)c(N)c2c(C)c1N=Nc1ccccc1. The minimum atomic E-state index is -0.147. The first-order valence-corrected chi connectivity index (χ1v) is 10.1. The fourth-order valence-corrected chi connectivity index (χ4v) is 4.41. The number of pyridine rings is 1. The molecule has 0 aliphatic carbocycles. The van der Waals surface area contributed by atoms with Gasteiger partial charge in [0, 0.05) is 16.0 Å². The Morgan fingerprint density at radius 1 is 1.03 bits per heavy atom. The van der Waals surface area contributed by atoms with Gasteiger partial charge in [-0.05, 0) is 55.8 Å². The standard InChI is InChI=1S/C22H17ClN4OS/c1-12-17-18(24)21(20(28)14-8-10-15(23)11-9-14)29-22(17)25-13(2)19(12)27-26-16-6-4-3-5-7-16/h3-11H,24H2,1-2H3. The molecule has 0 radical (unpaired) electrons. The normalized spacial score (nSPS) is 11.4. The third-order valence-corrected chi connectivity index (χ3v) is 5.95. The van der Waals surface area contributed by atoms with E-state index in [-0.39, 0.29) is 5.78 Å². The summed E-state index contributed by atoms with van der Waals surface area (Å²) in [5.74, 6) is -0.147. The number of anilines is 1. The molecule has 0 saturated heterocycles. The summed E-state index contributed by atoms with van der Waals surface area (Å²) >= 11 is 7.22. The number of ketones is 1. The van der Waals surface area contributed by atoms with Crippen LogP contribution in [0, 0.1) is 13.8 Å². The van der Waals surface area contributed by atoms with E-state index in [1.54, 1.807) is 24.3 Å². The van der Waals surface area contributed by atoms with Crippen molar-refractivity contribution in [1.82, 2.24) is 4.98 Å². The number of hydrogen-bond acceptors (Lipinski definition) is 6. The number of azo groups is 1. The number of thiophene rings is 1. The lowest BCUT2D eigenvalue weighted by Gasteiger charge is -2.06. The van der Waals surface area contributed by atoms with Crippen LogP contribution < -0.4 is 5.73 Å². The lowest BCUT2D eigenvalue weighted by Crippen LogP contribution is -2.02. The quantitative estimate of drug-likeness (QED) is 0.291. The van der Waals surface area contributed by atoms with E-state index in [1.165, 1.54) is 11.3 Å². The summed E-state index contributed by atoms with van der Waals surface area (Å²) in [6, 6.07) is 16.3. The van der Waals surface area contributed by atoms with Crippen molar-refractivity contribution in [2.75, 3.05) is 5.73 Å². The number of aromatic nitrogens is 1. The summed E-state index contributed by atoms with van der Waals surface area (Å²) in [4.78, 5) is 18.8. The smallest absolute Gasteiger partial charge is 0.205 e. The van der Waals surface area contributed by atoms with Crippen molar-refractivity contribution in [2.24, 2.45) is 10.2 Å². The molecule has 5 nitrogen and oxygen atoms in total. The zero-order valence-electron chi connectivity index (χ0n) is 15.8. The Hall–Kier alpha value is -3.09. The topological polar surface area (TPSA) is 80.7 Å². The molecule has 2 aromatic carbocycles. The Labute approximate surface area is 176 Å². The average molecular weight is 421 g/mol. The largest absolute Gasteiger partial charge is 0.397 e. The number of carbonyl (C=O) groups excluding carboxylic acids is 1. The Bertz CT molecular complexity index is 1250. The Balaban J connectivity index is 1.80. The Morgan fingerprint density at radius 3 is 2.41 bits per heavy atom. The van der Waals surface area contributed by atoms with Crippen LogP contribution in [0.2, 0.25) is 5.02 Å². The van der Waals surface area contributed by atoms with Crippen molar-refractivity contribution in [1.29, 1.82) is 0 Å². The van der Waals surface area contributed by atoms with Crippen LogP contribution in [0.4, 0.5) is 17.1 Å². The third-order valence-electron chi connectivity index (χ3n) is 4.60. The third kappa shape index (κ3) is 3.64. The van der Waals surface area contributed by atoms with E-state index in [4.69, 9.17) is 17.3 Å². The number of rotatable bonds is 4. The van der Waals surface area contributed by atoms with Gasteiger partial charge in [0.1, 0.15) is 15.4 Å². The minimum absolute atomic E-state index is 0.147. The number of halogens is 1. The number of carbonyl (C=O) groups is 1. The van der Waals surface area contributed by atoms with Gasteiger partial charge in [-0.1, -0.05) is 29.8 Å². The number of nitrogen functional groups attached to an aromatic ring is 1. The molecule has 0 saturated carbocycles. The molecule has 0 bridgehead atoms. The summed E-state index contributed by atoms with van der Waals surface area (Å²) < 4.78 is 0. The molecule has 4 aromatic rings. The second-order valence-electron chi connectivity index (χ2n) is 6.57. The van der Waals surface area contributed by atoms with Crippen LogP contribution in [-0.2, 0) is 0 Å². The summed E-state index contributed by atoms with van der Waals surface area (Å²) in [6.07, 6.45) is 0. The van der Waals surface area contributed by atoms with E-state index in [2.05, 4.69) is 15.2 Å². The molecular weight excluding hydrogens is 404 g/mol. The highest BCUT2D eigenvalue weighted by Crippen LogP contribution is 2.40. The molecule has 7 heteroatoms. The molecule has 0 aliphatic heterocycles. The first-order chi connectivity index (χ1) is 14.0. The number of fused-ring (bicyclic) bond motifs is 1. The first-order valence-electron chi connectivity index (χ1n) is 8.92. The lowest BCUT2D eigenvalue weighted by molar-refractivity contribution is 0.104. The Kier molecular flexibility index (Phi) is 5.13. The molecule has 0 unspecified atom stereocenters. The second-order valence-corrected chi connectivity index (χ2v) is 8.00. The fourth-order valence-electron chi connectivity index (χ4n) is 3.12. The van der Waals surface area contributed by atoms with Gasteiger partial charge in [-0.3, -0.25) is 4.79 Å². The van der Waals surface area contributed by atoms with Gasteiger partial charge in [0.2, 0.25) is 5.78 Å². The van der Waals surface area contributed by atoms with Crippen LogP contribution in [-0.4, -0.2) is 10.8 Å². The second kappa shape index (κ2) is 7.73. The summed E-state index contributed by atoms with van der Waals surface area (Å²) in [6.45, 7) is 3.80. The van der Waals surface area contributed by atoms with Crippen molar-refractivity contribution < 1.29 is 4.79 Å². The minimum Gasteiger partial charge on any atom is -0.397 e. The van der Waals surface area contributed by atoms with Crippen molar-refractivity contribution in [3.05, 3.63) is 81.3 Å². The van der Waals surface area contributed by atoms with Gasteiger partial charge < -0.3 is 5.73 Å². The van der Waals surface area contributed by atoms with E-state index in [1.807, 2.05) is 44.2 Å². The summed E-state index contributed by atoms with van der Waals surface area (Å²) in [5, 5.41) is 10.0. The van der Waals surface area contributed by atoms with E-state index in [9.17, 15) is 4.79 Å². The van der Waals surface area contributed by atoms with Crippen LogP contribution in [0.25, 0.3) is 10.2 Å². The maximum atomic E-state index is 13.0. The number of aryl methyl sites for hydroxylation is 2. The number of benzene rings is 2. The molecule has 0 amide bonds. The predicted octanol–water partition coefficient (Wildman–Crippen LogP) is 6.80. The van der Waals surface area contributed by atoms with Crippen LogP contribution in [0.5, 0.6) is 0 Å². The molecule has 2 N–H and O–H groups in total. The summed E-state index contributed by atoms with van der Waals surface area (Å²) in [5.41, 5.74) is 10.4. The molecule has 2 heterocycles. The van der Waals surface area contributed by atoms with Crippen molar-refractivity contribution in [3.63, 3.8) is 0 Å². The van der Waals surface area contributed by atoms with Gasteiger partial charge in [0.05, 0.1) is 17.1 Å². The van der Waals surface area contributed by atoms with E-state index < -0.39 is 0 Å². The predicted molar refractivity (Wildman–Crippen MR) is 119 cm³/mol. The molecule has 0 atom stereocenters. The van der Waals surface area contributed by atoms with E-state index in [0.29, 0.717) is 31.7 Å². The van der Waals surface area contributed by atoms with Crippen LogP contribution >= 0.6 is 22.9 Å². The molecular formula is C22H17ClN4OS. The Morgan fingerprint density at radius 2 is 1.72 bits per heavy atom. The van der Waals surface area contributed by atoms with Gasteiger partial charge in [0.15, 0.2) is 0 Å². The van der Waals surface area contributed by atoms with Gasteiger partial charge in [-0.15, -0.1) is 16.5 Å². The van der Waals surface area contributed by atoms with Crippen LogP contribution in [0.3, 0.4) is 0 Å². The average Bonchev–Trinajstić information content (AvgIpc) is 3.05. The highest BCUT2D eigenvalue weighted by Gasteiger charge is 2.22. The molecule has 0 fully saturated rings. The monoisotopic (exact) mass is 420 g/mol. The molecule has 0 aliphatic rings. The van der Waals surface area contributed by atoms with Crippen molar-refractivity contribution >= 4 is 56.0 Å². The van der Waals surface area contributed by atoms with Crippen LogP contribution in [0.1, 0.15) is 26.5 Å². The maximum Gasteiger partial charge on any atom is 0.205 e. The van der Waals surface area contributed by atoms with Crippen molar-refractivity contribution in [2.45, 2.75) is 13.8 Å². The molecule has 29 heavy (non-hydrogen) atoms. The number of hydrogen-bond donors (Lipinski definition) is 1. The highest BCUT2D eigenvalue weighted by atomic mass is 35.5. The summed E-state index contributed by atoms with van der Waals surface area (Å²) in [7, 11) is 0. The van der Waals surface area contributed by atoms with Gasteiger partial charge in [-0.2, -0.15) is 5.11 Å². The molecule has 2 aromatic heterocycles. The zero-order valence-corrected chi connectivity index (χ0v) is 17.4. The van der Waals surface area contributed by atoms with Gasteiger partial charge in [-0.25, -0.2) is 4.98 Å². The molecule has 0 spiro atoms. The van der Waals surface area contributed by atoms with Crippen LogP contribution in [0.15, 0.2) is 64.8 Å². The van der Waals surface area contributed by atoms with E-state index >= 15 is 0 Å². The first kappa shape index (κ1) is 19.2. The number of nitrogens with two attached hydrogens (primary N) is 1. The zero-order chi connectivity index (χ0) is 20.5. The lowest BCUT2D eigenvalue weighted by atomic mass is 10.1. The molecule has 4 rings (SSSR count). The fraction of sp³-hybridized carbons (Fsp3) is 0.0909. The van der Waals surface area contributed by atoms with Gasteiger partial charge in [0.25, 0.3) is 0 Å². The highest BCUT2D eigenvalue weighted by molar-refractivity contribution is 7.21. The van der Waals surface area contributed by atoms with Gasteiger partial charge >= 0.3 is 0 Å². The van der Waals surface area contributed by atoms with E-state index in [0.717, 1.165) is 22.3 Å². The maximum absolute atomic E-state index is 13.0. The molecule has 144 valence electrons. The number of nitrogens with zero attached hydrogens (tertiary/aromatic N) is 3. The van der Waals surface area contributed by atoms with Crippen molar-refractivity contribution in [3.8, 4) is 0 Å².